The molecule has 1 aliphatic heterocycles. The van der Waals surface area contributed by atoms with E-state index < -0.39 is 23.7 Å². The monoisotopic (exact) mass is 356 g/mol. The molecule has 0 radical (unpaired) electrons. The van der Waals surface area contributed by atoms with Crippen molar-refractivity contribution in [3.63, 3.8) is 0 Å². The first kappa shape index (κ1) is 17.6. The van der Waals surface area contributed by atoms with Crippen LogP contribution in [0.5, 0.6) is 0 Å². The van der Waals surface area contributed by atoms with Gasteiger partial charge in [0.25, 0.3) is 5.56 Å². The van der Waals surface area contributed by atoms with Crippen LogP contribution in [0.15, 0.2) is 33.9 Å². The van der Waals surface area contributed by atoms with Gasteiger partial charge in [0.15, 0.2) is 0 Å². The first-order valence-corrected chi connectivity index (χ1v) is 8.17. The minimum absolute atomic E-state index is 0.0731. The lowest BCUT2D eigenvalue weighted by Gasteiger charge is -2.18. The summed E-state index contributed by atoms with van der Waals surface area (Å²) >= 11 is 0. The zero-order valence-electron chi connectivity index (χ0n) is 14.2. The number of carbonyl (C=O) groups is 1. The lowest BCUT2D eigenvalue weighted by atomic mass is 10.2. The standard InChI is InChI=1S/C18H17FN4O3/c1-21(10-12-4-6-13(19)7-5-12)16(24)11-23-17(25)14(9-20)15-3-2-8-22(15)18(23)26/h4-7H,2-3,8,10-11H2,1H3. The molecule has 1 aromatic carbocycles. The number of benzene rings is 1. The van der Waals surface area contributed by atoms with Crippen LogP contribution in [0.3, 0.4) is 0 Å². The van der Waals surface area contributed by atoms with Gasteiger partial charge < -0.3 is 4.90 Å². The fourth-order valence-corrected chi connectivity index (χ4v) is 3.10. The van der Waals surface area contributed by atoms with Gasteiger partial charge in [-0.25, -0.2) is 13.8 Å². The Balaban J connectivity index is 1.86. The van der Waals surface area contributed by atoms with Gasteiger partial charge in [-0.2, -0.15) is 5.26 Å². The van der Waals surface area contributed by atoms with Gasteiger partial charge in [0.05, 0.1) is 0 Å². The number of nitrogens with zero attached hydrogens (tertiary/aromatic N) is 4. The molecule has 0 unspecified atom stereocenters. The minimum atomic E-state index is -0.728. The van der Waals surface area contributed by atoms with Crippen LogP contribution in [0.1, 0.15) is 23.2 Å². The van der Waals surface area contributed by atoms with Crippen molar-refractivity contribution in [2.45, 2.75) is 32.5 Å². The first-order valence-electron chi connectivity index (χ1n) is 8.17. The number of fused-ring (bicyclic) bond motifs is 1. The number of aromatic nitrogens is 2. The summed E-state index contributed by atoms with van der Waals surface area (Å²) < 4.78 is 15.2. The lowest BCUT2D eigenvalue weighted by molar-refractivity contribution is -0.131. The highest BCUT2D eigenvalue weighted by Gasteiger charge is 2.24. The molecule has 0 aliphatic carbocycles. The van der Waals surface area contributed by atoms with E-state index in [-0.39, 0.29) is 17.9 Å². The molecule has 134 valence electrons. The summed E-state index contributed by atoms with van der Waals surface area (Å²) in [5.41, 5.74) is -0.195. The van der Waals surface area contributed by atoms with E-state index in [9.17, 15) is 24.0 Å². The molecule has 0 saturated carbocycles. The number of halogens is 1. The largest absolute Gasteiger partial charge is 0.340 e. The van der Waals surface area contributed by atoms with Gasteiger partial charge in [-0.05, 0) is 30.5 Å². The Bertz CT molecular complexity index is 1010. The summed E-state index contributed by atoms with van der Waals surface area (Å²) in [4.78, 5) is 38.8. The average molecular weight is 356 g/mol. The quantitative estimate of drug-likeness (QED) is 0.804. The highest BCUT2D eigenvalue weighted by Crippen LogP contribution is 2.13. The second-order valence-corrected chi connectivity index (χ2v) is 6.24. The van der Waals surface area contributed by atoms with Crippen LogP contribution in [-0.2, 0) is 30.8 Å². The van der Waals surface area contributed by atoms with Crippen molar-refractivity contribution in [2.75, 3.05) is 7.05 Å². The van der Waals surface area contributed by atoms with Gasteiger partial charge in [0.1, 0.15) is 24.0 Å². The average Bonchev–Trinajstić information content (AvgIpc) is 3.10. The topological polar surface area (TPSA) is 88.1 Å². The Morgan fingerprint density at radius 3 is 2.65 bits per heavy atom. The van der Waals surface area contributed by atoms with Crippen LogP contribution in [0.2, 0.25) is 0 Å². The molecule has 0 bridgehead atoms. The Labute approximate surface area is 148 Å². The molecule has 0 spiro atoms. The van der Waals surface area contributed by atoms with Crippen molar-refractivity contribution in [2.24, 2.45) is 0 Å². The van der Waals surface area contributed by atoms with Gasteiger partial charge in [0.2, 0.25) is 5.91 Å². The van der Waals surface area contributed by atoms with Crippen LogP contribution in [0, 0.1) is 17.1 Å². The molecular weight excluding hydrogens is 339 g/mol. The molecule has 1 aliphatic rings. The predicted molar refractivity (Wildman–Crippen MR) is 90.9 cm³/mol. The van der Waals surface area contributed by atoms with Crippen LogP contribution < -0.4 is 11.2 Å². The third-order valence-corrected chi connectivity index (χ3v) is 4.49. The zero-order chi connectivity index (χ0) is 18.8. The number of hydrogen-bond donors (Lipinski definition) is 0. The normalized spacial score (nSPS) is 12.5. The summed E-state index contributed by atoms with van der Waals surface area (Å²) in [6.07, 6.45) is 1.19. The van der Waals surface area contributed by atoms with Gasteiger partial charge >= 0.3 is 5.69 Å². The smallest absolute Gasteiger partial charge is 0.331 e. The Kier molecular flexibility index (Phi) is 4.71. The number of nitriles is 1. The summed E-state index contributed by atoms with van der Waals surface area (Å²) in [6.45, 7) is 0.207. The predicted octanol–water partition coefficient (Wildman–Crippen LogP) is 0.626. The van der Waals surface area contributed by atoms with E-state index in [1.165, 1.54) is 28.6 Å². The molecule has 2 heterocycles. The first-order chi connectivity index (χ1) is 12.4. The van der Waals surface area contributed by atoms with Crippen LogP contribution in [0.25, 0.3) is 0 Å². The minimum Gasteiger partial charge on any atom is -0.340 e. The van der Waals surface area contributed by atoms with Crippen LogP contribution in [-0.4, -0.2) is 27.0 Å². The van der Waals surface area contributed by atoms with Crippen LogP contribution in [0.4, 0.5) is 4.39 Å². The fraction of sp³-hybridized carbons (Fsp3) is 0.333. The van der Waals surface area contributed by atoms with Crippen molar-refractivity contribution in [1.82, 2.24) is 14.0 Å². The van der Waals surface area contributed by atoms with E-state index >= 15 is 0 Å². The third-order valence-electron chi connectivity index (χ3n) is 4.49. The summed E-state index contributed by atoms with van der Waals surface area (Å²) in [6, 6.07) is 7.57. The Hall–Kier alpha value is -3.21. The maximum atomic E-state index is 13.0. The number of carbonyl (C=O) groups excluding carboxylic acids is 1. The summed E-state index contributed by atoms with van der Waals surface area (Å²) in [7, 11) is 1.53. The SMILES string of the molecule is CN(Cc1ccc(F)cc1)C(=O)Cn1c(=O)c(C#N)c2n(c1=O)CCC2. The molecule has 2 aromatic rings. The van der Waals surface area contributed by atoms with E-state index in [0.29, 0.717) is 25.1 Å². The molecule has 0 fully saturated rings. The van der Waals surface area contributed by atoms with Gasteiger partial charge in [-0.15, -0.1) is 0 Å². The zero-order valence-corrected chi connectivity index (χ0v) is 14.2. The second-order valence-electron chi connectivity index (χ2n) is 6.24. The van der Waals surface area contributed by atoms with E-state index in [1.54, 1.807) is 12.1 Å². The number of rotatable bonds is 4. The molecule has 3 rings (SSSR count). The van der Waals surface area contributed by atoms with E-state index in [0.717, 1.165) is 10.1 Å². The van der Waals surface area contributed by atoms with Crippen molar-refractivity contribution >= 4 is 5.91 Å². The van der Waals surface area contributed by atoms with Crippen molar-refractivity contribution in [3.8, 4) is 6.07 Å². The van der Waals surface area contributed by atoms with Crippen molar-refractivity contribution < 1.29 is 9.18 Å². The fourth-order valence-electron chi connectivity index (χ4n) is 3.10. The molecule has 1 amide bonds. The molecule has 0 atom stereocenters. The van der Waals surface area contributed by atoms with Crippen molar-refractivity contribution in [3.05, 3.63) is 67.7 Å². The maximum Gasteiger partial charge on any atom is 0.331 e. The van der Waals surface area contributed by atoms with E-state index in [4.69, 9.17) is 0 Å². The highest BCUT2D eigenvalue weighted by atomic mass is 19.1. The molecule has 8 heteroatoms. The third kappa shape index (κ3) is 3.16. The van der Waals surface area contributed by atoms with Gasteiger partial charge in [-0.1, -0.05) is 12.1 Å². The maximum absolute atomic E-state index is 13.0. The van der Waals surface area contributed by atoms with Crippen LogP contribution >= 0.6 is 0 Å². The second kappa shape index (κ2) is 6.96. The lowest BCUT2D eigenvalue weighted by Crippen LogP contribution is -2.45. The molecule has 26 heavy (non-hydrogen) atoms. The summed E-state index contributed by atoms with van der Waals surface area (Å²) in [5.74, 6) is -0.819. The van der Waals surface area contributed by atoms with Gasteiger partial charge in [0, 0.05) is 25.8 Å². The van der Waals surface area contributed by atoms with E-state index in [2.05, 4.69) is 0 Å². The molecule has 0 saturated heterocycles. The molecule has 1 aromatic heterocycles. The Morgan fingerprint density at radius 1 is 1.31 bits per heavy atom. The van der Waals surface area contributed by atoms with Gasteiger partial charge in [-0.3, -0.25) is 14.2 Å². The number of likely N-dealkylation sites (N-methyl/N-ethyl adjacent to an activating group) is 1. The molecule has 7 nitrogen and oxygen atoms in total. The highest BCUT2D eigenvalue weighted by molar-refractivity contribution is 5.75. The van der Waals surface area contributed by atoms with Crippen molar-refractivity contribution in [1.29, 1.82) is 5.26 Å². The molecular formula is C18H17FN4O3. The Morgan fingerprint density at radius 2 is 2.00 bits per heavy atom. The summed E-state index contributed by atoms with van der Waals surface area (Å²) in [5, 5.41) is 9.25. The van der Waals surface area contributed by atoms with E-state index in [1.807, 2.05) is 6.07 Å². The molecule has 0 N–H and O–H groups in total. The number of hydrogen-bond acceptors (Lipinski definition) is 4. The number of amides is 1.